The second kappa shape index (κ2) is 19.3. The first-order valence-corrected chi connectivity index (χ1v) is 14.9. The largest absolute Gasteiger partial charge is 0.462 e. The highest BCUT2D eigenvalue weighted by molar-refractivity contribution is 7.81. The number of aryl methyl sites for hydroxylation is 1. The van der Waals surface area contributed by atoms with Crippen molar-refractivity contribution in [2.24, 2.45) is 0 Å². The first-order chi connectivity index (χ1) is 16.5. The van der Waals surface area contributed by atoms with Crippen molar-refractivity contribution in [1.29, 1.82) is 0 Å². The van der Waals surface area contributed by atoms with E-state index >= 15 is 0 Å². The number of hydrogen-bond acceptors (Lipinski definition) is 3. The Balaban J connectivity index is 2.32. The number of hydrogen-bond donors (Lipinski definition) is 1. The maximum Gasteiger partial charge on any atom is 0.338 e. The summed E-state index contributed by atoms with van der Waals surface area (Å²) in [5.74, 6) is -0.219. The highest BCUT2D eigenvalue weighted by Crippen LogP contribution is 2.41. The van der Waals surface area contributed by atoms with Gasteiger partial charge in [-0.05, 0) is 38.3 Å². The van der Waals surface area contributed by atoms with Gasteiger partial charge in [0.1, 0.15) is 0 Å². The van der Waals surface area contributed by atoms with Crippen molar-refractivity contribution in [3.63, 3.8) is 0 Å². The van der Waals surface area contributed by atoms with E-state index in [-0.39, 0.29) is 10.7 Å². The zero-order chi connectivity index (χ0) is 25.1. The first-order valence-electron chi connectivity index (χ1n) is 14.5. The van der Waals surface area contributed by atoms with Gasteiger partial charge in [0, 0.05) is 4.75 Å². The normalized spacial score (nSPS) is 13.1. The van der Waals surface area contributed by atoms with Crippen molar-refractivity contribution in [1.82, 2.24) is 0 Å². The molecule has 0 amide bonds. The van der Waals surface area contributed by atoms with Gasteiger partial charge in [0.2, 0.25) is 0 Å². The molecule has 0 radical (unpaired) electrons. The second-order valence-electron chi connectivity index (χ2n) is 10.3. The Labute approximate surface area is 217 Å². The summed E-state index contributed by atoms with van der Waals surface area (Å²) in [6.45, 7) is 8.85. The fraction of sp³-hybridized carbons (Fsp3) is 0.774. The second-order valence-corrected chi connectivity index (χ2v) is 11.1. The Hall–Kier alpha value is -0.960. The maximum atomic E-state index is 12.6. The molecule has 0 N–H and O–H groups in total. The average Bonchev–Trinajstić information content (AvgIpc) is 2.82. The molecule has 0 aliphatic carbocycles. The molecule has 0 saturated carbocycles. The van der Waals surface area contributed by atoms with E-state index in [4.69, 9.17) is 17.4 Å². The van der Waals surface area contributed by atoms with Crippen LogP contribution in [0.15, 0.2) is 18.2 Å². The monoisotopic (exact) mass is 490 g/mol. The van der Waals surface area contributed by atoms with E-state index in [0.717, 1.165) is 31.2 Å². The van der Waals surface area contributed by atoms with Crippen LogP contribution in [0.3, 0.4) is 0 Å². The molecule has 1 rings (SSSR count). The third kappa shape index (κ3) is 12.7. The van der Waals surface area contributed by atoms with Gasteiger partial charge in [-0.3, -0.25) is 0 Å². The Morgan fingerprint density at radius 3 is 1.71 bits per heavy atom. The predicted octanol–water partition coefficient (Wildman–Crippen LogP) is 10.4. The fourth-order valence-electron chi connectivity index (χ4n) is 5.03. The molecule has 34 heavy (non-hydrogen) atoms. The molecule has 1 atom stereocenters. The Morgan fingerprint density at radius 2 is 1.24 bits per heavy atom. The zero-order valence-electron chi connectivity index (χ0n) is 22.9. The molecule has 0 aliphatic rings. The van der Waals surface area contributed by atoms with Gasteiger partial charge >= 0.3 is 5.97 Å². The van der Waals surface area contributed by atoms with E-state index in [9.17, 15) is 4.79 Å². The number of ether oxygens (including phenoxy) is 1. The Morgan fingerprint density at radius 1 is 0.735 bits per heavy atom. The Kier molecular flexibility index (Phi) is 17.6. The smallest absolute Gasteiger partial charge is 0.338 e. The summed E-state index contributed by atoms with van der Waals surface area (Å²) in [5.41, 5.74) is 2.92. The van der Waals surface area contributed by atoms with Crippen LogP contribution in [0.5, 0.6) is 0 Å². The molecule has 0 aliphatic heterocycles. The molecule has 2 nitrogen and oxygen atoms in total. The quantitative estimate of drug-likeness (QED) is 0.105. The maximum absolute atomic E-state index is 12.6. The minimum Gasteiger partial charge on any atom is -0.462 e. The number of thiol groups is 1. The first kappa shape index (κ1) is 31.1. The molecule has 1 unspecified atom stereocenters. The van der Waals surface area contributed by atoms with E-state index in [0.29, 0.717) is 12.2 Å². The highest BCUT2D eigenvalue weighted by atomic mass is 32.1. The van der Waals surface area contributed by atoms with Crippen LogP contribution in [0.2, 0.25) is 0 Å². The average molecular weight is 491 g/mol. The topological polar surface area (TPSA) is 26.3 Å². The van der Waals surface area contributed by atoms with Crippen molar-refractivity contribution in [3.8, 4) is 0 Å². The van der Waals surface area contributed by atoms with Crippen LogP contribution in [0.4, 0.5) is 0 Å². The van der Waals surface area contributed by atoms with Crippen LogP contribution in [0.1, 0.15) is 158 Å². The number of carbonyl (C=O) groups excluding carboxylic acids is 1. The standard InChI is InChI=1S/C31H54O2S/c1-5-8-9-10-11-12-13-14-15-16-17-18-19-20-21-25-31(34,24-6-2)29-26-27(4)22-23-28(29)30(32)33-7-3/h22-23,26,34H,5-21,24-25H2,1-4H3. The molecule has 196 valence electrons. The lowest BCUT2D eigenvalue weighted by Crippen LogP contribution is -2.23. The summed E-state index contributed by atoms with van der Waals surface area (Å²) in [4.78, 5) is 12.6. The number of benzene rings is 1. The number of unbranched alkanes of at least 4 members (excludes halogenated alkanes) is 14. The van der Waals surface area contributed by atoms with Crippen LogP contribution >= 0.6 is 12.6 Å². The zero-order valence-corrected chi connectivity index (χ0v) is 23.8. The van der Waals surface area contributed by atoms with Crippen LogP contribution < -0.4 is 0 Å². The van der Waals surface area contributed by atoms with Crippen LogP contribution in [-0.2, 0) is 9.48 Å². The summed E-state index contributed by atoms with van der Waals surface area (Å²) in [6.07, 6.45) is 23.7. The van der Waals surface area contributed by atoms with Gasteiger partial charge in [-0.1, -0.05) is 134 Å². The highest BCUT2D eigenvalue weighted by Gasteiger charge is 2.31. The number of carbonyl (C=O) groups is 1. The van der Waals surface area contributed by atoms with Crippen molar-refractivity contribution < 1.29 is 9.53 Å². The molecule has 0 heterocycles. The molecule has 0 aromatic heterocycles. The molecule has 1 aromatic carbocycles. The molecule has 3 heteroatoms. The lowest BCUT2D eigenvalue weighted by Gasteiger charge is -2.31. The summed E-state index contributed by atoms with van der Waals surface area (Å²) in [5, 5.41) is 0. The van der Waals surface area contributed by atoms with Crippen molar-refractivity contribution in [2.45, 2.75) is 148 Å². The van der Waals surface area contributed by atoms with Gasteiger partial charge in [0.15, 0.2) is 0 Å². The van der Waals surface area contributed by atoms with Gasteiger partial charge in [-0.2, -0.15) is 12.6 Å². The van der Waals surface area contributed by atoms with E-state index in [1.807, 2.05) is 19.1 Å². The third-order valence-electron chi connectivity index (χ3n) is 7.03. The van der Waals surface area contributed by atoms with Gasteiger partial charge in [-0.15, -0.1) is 0 Å². The van der Waals surface area contributed by atoms with Crippen molar-refractivity contribution in [3.05, 3.63) is 34.9 Å². The van der Waals surface area contributed by atoms with Crippen LogP contribution in [-0.4, -0.2) is 12.6 Å². The molecular weight excluding hydrogens is 436 g/mol. The van der Waals surface area contributed by atoms with Crippen LogP contribution in [0, 0.1) is 6.92 Å². The fourth-order valence-corrected chi connectivity index (χ4v) is 5.59. The van der Waals surface area contributed by atoms with Crippen molar-refractivity contribution >= 4 is 18.6 Å². The minimum atomic E-state index is -0.264. The lowest BCUT2D eigenvalue weighted by atomic mass is 9.84. The van der Waals surface area contributed by atoms with Gasteiger partial charge < -0.3 is 4.74 Å². The van der Waals surface area contributed by atoms with E-state index < -0.39 is 0 Å². The molecule has 0 spiro atoms. The minimum absolute atomic E-state index is 0.219. The summed E-state index contributed by atoms with van der Waals surface area (Å²) in [7, 11) is 0. The SMILES string of the molecule is CCCCCCCCCCCCCCCCCC(S)(CCC)c1cc(C)ccc1C(=O)OCC. The van der Waals surface area contributed by atoms with Crippen molar-refractivity contribution in [2.75, 3.05) is 6.61 Å². The van der Waals surface area contributed by atoms with Gasteiger partial charge in [0.05, 0.1) is 12.2 Å². The molecule has 0 fully saturated rings. The van der Waals surface area contributed by atoms with E-state index in [2.05, 4.69) is 26.8 Å². The Bertz CT molecular complexity index is 657. The predicted molar refractivity (Wildman–Crippen MR) is 152 cm³/mol. The van der Waals surface area contributed by atoms with E-state index in [1.165, 1.54) is 95.5 Å². The summed E-state index contributed by atoms with van der Waals surface area (Å²) in [6, 6.07) is 6.08. The number of esters is 1. The molecule has 0 bridgehead atoms. The van der Waals surface area contributed by atoms with Crippen LogP contribution in [0.25, 0.3) is 0 Å². The molecule has 1 aromatic rings. The number of rotatable bonds is 21. The summed E-state index contributed by atoms with van der Waals surface area (Å²) < 4.78 is 5.08. The molecule has 0 saturated heterocycles. The summed E-state index contributed by atoms with van der Waals surface area (Å²) >= 11 is 5.18. The van der Waals surface area contributed by atoms with Gasteiger partial charge in [-0.25, -0.2) is 4.79 Å². The third-order valence-corrected chi connectivity index (χ3v) is 7.72. The lowest BCUT2D eigenvalue weighted by molar-refractivity contribution is 0.0524. The molecular formula is C31H54O2S. The van der Waals surface area contributed by atoms with E-state index in [1.54, 1.807) is 0 Å². The van der Waals surface area contributed by atoms with Gasteiger partial charge in [0.25, 0.3) is 0 Å².